The Kier molecular flexibility index (Phi) is 12.1. The normalized spacial score (nSPS) is 10.7. The van der Waals surface area contributed by atoms with Crippen LogP contribution in [0.15, 0.2) is 133 Å². The van der Waals surface area contributed by atoms with Gasteiger partial charge in [-0.15, -0.1) is 0 Å². The molecule has 0 fully saturated rings. The molecule has 0 bridgehead atoms. The molecule has 0 spiro atoms. The lowest BCUT2D eigenvalue weighted by Gasteiger charge is -2.12. The van der Waals surface area contributed by atoms with Gasteiger partial charge in [0.15, 0.2) is 0 Å². The quantitative estimate of drug-likeness (QED) is 0.0831. The maximum Gasteiger partial charge on any atom is 0.338 e. The first kappa shape index (κ1) is 32.2. The summed E-state index contributed by atoms with van der Waals surface area (Å²) < 4.78 is 28.2. The molecule has 0 amide bonds. The van der Waals surface area contributed by atoms with Gasteiger partial charge in [0.1, 0.15) is 25.6 Å². The smallest absolute Gasteiger partial charge is 0.338 e. The molecule has 5 rings (SSSR count). The minimum absolute atomic E-state index is 0.0713. The summed E-state index contributed by atoms with van der Waals surface area (Å²) in [6, 6.07) is 41.8. The Morgan fingerprint density at radius 1 is 0.435 bits per heavy atom. The predicted molar refractivity (Wildman–Crippen MR) is 175 cm³/mol. The molecule has 5 aromatic rings. The molecule has 46 heavy (non-hydrogen) atoms. The van der Waals surface area contributed by atoms with Crippen LogP contribution in [0.3, 0.4) is 0 Å². The third-order valence-corrected chi connectivity index (χ3v) is 6.99. The summed E-state index contributed by atoms with van der Waals surface area (Å²) in [7, 11) is 0. The second kappa shape index (κ2) is 17.3. The minimum atomic E-state index is -0.562. The molecule has 0 aliphatic rings. The lowest BCUT2D eigenvalue weighted by atomic mass is 9.99. The van der Waals surface area contributed by atoms with Gasteiger partial charge in [-0.05, 0) is 58.1 Å². The average molecular weight is 617 g/mol. The predicted octanol–water partition coefficient (Wildman–Crippen LogP) is 7.68. The van der Waals surface area contributed by atoms with E-state index in [4.69, 9.17) is 23.7 Å². The number of hydrogen-bond acceptors (Lipinski definition) is 7. The van der Waals surface area contributed by atoms with Crippen LogP contribution in [0, 0.1) is 0 Å². The van der Waals surface area contributed by atoms with Crippen molar-refractivity contribution in [2.75, 3.05) is 26.4 Å². The topological polar surface area (TPSA) is 80.3 Å². The molecule has 0 atom stereocenters. The van der Waals surface area contributed by atoms with E-state index < -0.39 is 11.9 Å². The molecule has 5 aromatic carbocycles. The van der Waals surface area contributed by atoms with Crippen LogP contribution in [0.25, 0.3) is 11.1 Å². The van der Waals surface area contributed by atoms with E-state index in [1.54, 1.807) is 12.1 Å². The molecule has 0 radical (unpaired) electrons. The zero-order chi connectivity index (χ0) is 31.8. The standard InChI is InChI=1S/C39H36O7/c40-38(44-22-20-42-27-30-10-4-1-5-11-30)35-24-34(33-16-18-37(19-17-33)46-29-32-14-8-3-9-15-32)25-36(26-35)39(41)45-23-21-43-28-31-12-6-2-7-13-31/h1-19,24-26H,20-23,27-29H2. The summed E-state index contributed by atoms with van der Waals surface area (Å²) >= 11 is 0. The maximum absolute atomic E-state index is 13.1. The molecule has 0 saturated carbocycles. The van der Waals surface area contributed by atoms with Crippen molar-refractivity contribution in [1.29, 1.82) is 0 Å². The number of carbonyl (C=O) groups is 2. The number of hydrogen-bond donors (Lipinski definition) is 0. The Bertz CT molecular complexity index is 1570. The van der Waals surface area contributed by atoms with Crippen LogP contribution in [0.4, 0.5) is 0 Å². The molecule has 0 aliphatic heterocycles. The molecular weight excluding hydrogens is 580 g/mol. The average Bonchev–Trinajstić information content (AvgIpc) is 3.11. The molecule has 0 heterocycles. The van der Waals surface area contributed by atoms with Gasteiger partial charge in [0.25, 0.3) is 0 Å². The van der Waals surface area contributed by atoms with E-state index in [-0.39, 0.29) is 37.6 Å². The third-order valence-electron chi connectivity index (χ3n) is 6.99. The summed E-state index contributed by atoms with van der Waals surface area (Å²) in [6.07, 6.45) is 0. The first-order chi connectivity index (χ1) is 22.6. The van der Waals surface area contributed by atoms with E-state index in [2.05, 4.69) is 0 Å². The van der Waals surface area contributed by atoms with E-state index in [0.29, 0.717) is 31.1 Å². The van der Waals surface area contributed by atoms with Crippen molar-refractivity contribution in [3.63, 3.8) is 0 Å². The number of ether oxygens (including phenoxy) is 5. The largest absolute Gasteiger partial charge is 0.489 e. The van der Waals surface area contributed by atoms with Gasteiger partial charge in [-0.1, -0.05) is 103 Å². The Morgan fingerprint density at radius 2 is 0.870 bits per heavy atom. The van der Waals surface area contributed by atoms with E-state index in [1.165, 1.54) is 6.07 Å². The molecule has 0 saturated heterocycles. The minimum Gasteiger partial charge on any atom is -0.489 e. The summed E-state index contributed by atoms with van der Waals surface area (Å²) in [5.74, 6) is -0.421. The van der Waals surface area contributed by atoms with E-state index >= 15 is 0 Å². The number of benzene rings is 5. The van der Waals surface area contributed by atoms with Gasteiger partial charge in [-0.2, -0.15) is 0 Å². The fourth-order valence-electron chi connectivity index (χ4n) is 4.60. The van der Waals surface area contributed by atoms with Gasteiger partial charge in [0.2, 0.25) is 0 Å². The zero-order valence-electron chi connectivity index (χ0n) is 25.5. The van der Waals surface area contributed by atoms with Crippen molar-refractivity contribution in [3.8, 4) is 16.9 Å². The first-order valence-corrected chi connectivity index (χ1v) is 15.1. The Balaban J connectivity index is 1.22. The lowest BCUT2D eigenvalue weighted by molar-refractivity contribution is 0.0285. The monoisotopic (exact) mass is 616 g/mol. The van der Waals surface area contributed by atoms with E-state index in [1.807, 2.05) is 115 Å². The Hall–Kier alpha value is -5.24. The zero-order valence-corrected chi connectivity index (χ0v) is 25.5. The van der Waals surface area contributed by atoms with Gasteiger partial charge in [0, 0.05) is 0 Å². The van der Waals surface area contributed by atoms with Crippen LogP contribution in [0.5, 0.6) is 5.75 Å². The second-order valence-electron chi connectivity index (χ2n) is 10.4. The number of rotatable bonds is 16. The molecule has 0 aromatic heterocycles. The van der Waals surface area contributed by atoms with Crippen LogP contribution in [0.1, 0.15) is 37.4 Å². The van der Waals surface area contributed by atoms with E-state index in [9.17, 15) is 9.59 Å². The Labute approximate surface area is 269 Å². The van der Waals surface area contributed by atoms with Crippen molar-refractivity contribution in [1.82, 2.24) is 0 Å². The highest BCUT2D eigenvalue weighted by atomic mass is 16.6. The van der Waals surface area contributed by atoms with Gasteiger partial charge < -0.3 is 23.7 Å². The molecule has 7 heteroatoms. The fourth-order valence-corrected chi connectivity index (χ4v) is 4.60. The molecular formula is C39H36O7. The molecule has 7 nitrogen and oxygen atoms in total. The van der Waals surface area contributed by atoms with Gasteiger partial charge >= 0.3 is 11.9 Å². The Morgan fingerprint density at radius 3 is 1.33 bits per heavy atom. The molecule has 0 aliphatic carbocycles. The van der Waals surface area contributed by atoms with Crippen LogP contribution in [-0.2, 0) is 38.8 Å². The van der Waals surface area contributed by atoms with Crippen LogP contribution in [0.2, 0.25) is 0 Å². The van der Waals surface area contributed by atoms with Gasteiger partial charge in [0.05, 0.1) is 37.6 Å². The highest BCUT2D eigenvalue weighted by Crippen LogP contribution is 2.26. The van der Waals surface area contributed by atoms with Gasteiger partial charge in [-0.25, -0.2) is 9.59 Å². The van der Waals surface area contributed by atoms with Crippen LogP contribution in [-0.4, -0.2) is 38.4 Å². The fraction of sp³-hybridized carbons (Fsp3) is 0.179. The summed E-state index contributed by atoms with van der Waals surface area (Å²) in [4.78, 5) is 26.1. The van der Waals surface area contributed by atoms with Crippen LogP contribution >= 0.6 is 0 Å². The maximum atomic E-state index is 13.1. The van der Waals surface area contributed by atoms with Crippen LogP contribution < -0.4 is 4.74 Å². The summed E-state index contributed by atoms with van der Waals surface area (Å²) in [6.45, 7) is 1.91. The van der Waals surface area contributed by atoms with Crippen molar-refractivity contribution in [2.45, 2.75) is 19.8 Å². The summed E-state index contributed by atoms with van der Waals surface area (Å²) in [5, 5.41) is 0. The third kappa shape index (κ3) is 10.2. The van der Waals surface area contributed by atoms with E-state index in [0.717, 1.165) is 22.3 Å². The van der Waals surface area contributed by atoms with Crippen molar-refractivity contribution in [2.24, 2.45) is 0 Å². The first-order valence-electron chi connectivity index (χ1n) is 15.1. The lowest BCUT2D eigenvalue weighted by Crippen LogP contribution is -2.14. The van der Waals surface area contributed by atoms with Crippen molar-refractivity contribution in [3.05, 3.63) is 161 Å². The SMILES string of the molecule is O=C(OCCOCc1ccccc1)c1cc(C(=O)OCCOCc2ccccc2)cc(-c2ccc(OCc3ccccc3)cc2)c1. The van der Waals surface area contributed by atoms with Gasteiger partial charge in [-0.3, -0.25) is 0 Å². The van der Waals surface area contributed by atoms with Crippen molar-refractivity contribution >= 4 is 11.9 Å². The molecule has 234 valence electrons. The van der Waals surface area contributed by atoms with Crippen molar-refractivity contribution < 1.29 is 33.3 Å². The number of esters is 2. The second-order valence-corrected chi connectivity index (χ2v) is 10.4. The molecule has 0 N–H and O–H groups in total. The summed E-state index contributed by atoms with van der Waals surface area (Å²) in [5.41, 5.74) is 5.06. The highest BCUT2D eigenvalue weighted by molar-refractivity contribution is 5.97. The highest BCUT2D eigenvalue weighted by Gasteiger charge is 2.16. The molecule has 0 unspecified atom stereocenters. The number of carbonyl (C=O) groups excluding carboxylic acids is 2.